The summed E-state index contributed by atoms with van der Waals surface area (Å²) >= 11 is 4.83. The van der Waals surface area contributed by atoms with E-state index in [1.165, 1.54) is 11.8 Å². The summed E-state index contributed by atoms with van der Waals surface area (Å²) in [7, 11) is 0. The molecule has 0 bridgehead atoms. The van der Waals surface area contributed by atoms with Crippen molar-refractivity contribution in [3.05, 3.63) is 50.2 Å². The highest BCUT2D eigenvalue weighted by Gasteiger charge is 2.30. The van der Waals surface area contributed by atoms with Crippen molar-refractivity contribution in [2.24, 2.45) is 0 Å². The molecule has 114 valence electrons. The molecule has 1 aromatic heterocycles. The second-order valence-electron chi connectivity index (χ2n) is 4.92. The van der Waals surface area contributed by atoms with Gasteiger partial charge in [-0.2, -0.15) is 0 Å². The summed E-state index contributed by atoms with van der Waals surface area (Å²) in [5.41, 5.74) is 1.28. The van der Waals surface area contributed by atoms with E-state index >= 15 is 0 Å². The predicted molar refractivity (Wildman–Crippen MR) is 90.5 cm³/mol. The lowest BCUT2D eigenvalue weighted by molar-refractivity contribution is -0.116. The maximum Gasteiger partial charge on any atom is 0.257 e. The van der Waals surface area contributed by atoms with Gasteiger partial charge < -0.3 is 10.3 Å². The second-order valence-corrected chi connectivity index (χ2v) is 7.09. The number of rotatable bonds is 3. The number of nitrogens with one attached hydrogen (secondary N) is 2. The van der Waals surface area contributed by atoms with Gasteiger partial charge in [0.2, 0.25) is 5.91 Å². The van der Waals surface area contributed by atoms with E-state index in [1.54, 1.807) is 0 Å². The number of aromatic amines is 1. The molecule has 1 amide bonds. The van der Waals surface area contributed by atoms with Crippen LogP contribution in [0.2, 0.25) is 0 Å². The van der Waals surface area contributed by atoms with Gasteiger partial charge in [-0.25, -0.2) is 4.98 Å². The molecule has 2 N–H and O–H groups in total. The number of amides is 1. The Kier molecular flexibility index (Phi) is 4.35. The molecule has 2 aromatic rings. The minimum atomic E-state index is -0.270. The zero-order chi connectivity index (χ0) is 15.7. The largest absolute Gasteiger partial charge is 0.310 e. The summed E-state index contributed by atoms with van der Waals surface area (Å²) in [6.45, 7) is 1.98. The van der Waals surface area contributed by atoms with Gasteiger partial charge in [0, 0.05) is 16.8 Å². The molecule has 2 heterocycles. The summed E-state index contributed by atoms with van der Waals surface area (Å²) in [5.74, 6) is 0.787. The molecule has 0 radical (unpaired) electrons. The lowest BCUT2D eigenvalue weighted by Gasteiger charge is -2.24. The van der Waals surface area contributed by atoms with Gasteiger partial charge in [-0.15, -0.1) is 0 Å². The number of carbonyl (C=O) groups is 1. The van der Waals surface area contributed by atoms with Crippen molar-refractivity contribution < 1.29 is 4.79 Å². The molecule has 22 heavy (non-hydrogen) atoms. The first kappa shape index (κ1) is 15.3. The molecule has 1 aliphatic rings. The molecule has 0 saturated carbocycles. The Hall–Kier alpha value is -1.60. The number of fused-ring (bicyclic) bond motifs is 1. The Balaban J connectivity index is 2.11. The van der Waals surface area contributed by atoms with Crippen LogP contribution in [0.4, 0.5) is 5.82 Å². The molecule has 3 rings (SSSR count). The van der Waals surface area contributed by atoms with E-state index in [0.29, 0.717) is 16.5 Å². The Bertz CT molecular complexity index is 773. The van der Waals surface area contributed by atoms with Gasteiger partial charge in [-0.1, -0.05) is 46.7 Å². The van der Waals surface area contributed by atoms with Crippen LogP contribution >= 0.6 is 27.7 Å². The van der Waals surface area contributed by atoms with Gasteiger partial charge >= 0.3 is 0 Å². The van der Waals surface area contributed by atoms with Crippen LogP contribution in [-0.2, 0) is 4.79 Å². The van der Waals surface area contributed by atoms with Crippen LogP contribution in [-0.4, -0.2) is 21.6 Å². The Labute approximate surface area is 140 Å². The normalized spacial score (nSPS) is 17.0. The summed E-state index contributed by atoms with van der Waals surface area (Å²) in [6, 6.07) is 7.66. The molecular formula is C15H14BrN3O2S. The van der Waals surface area contributed by atoms with Crippen LogP contribution < -0.4 is 10.9 Å². The minimum Gasteiger partial charge on any atom is -0.310 e. The van der Waals surface area contributed by atoms with E-state index in [1.807, 2.05) is 31.2 Å². The topological polar surface area (TPSA) is 74.8 Å². The van der Waals surface area contributed by atoms with Crippen LogP contribution in [0, 0.1) is 0 Å². The smallest absolute Gasteiger partial charge is 0.257 e. The number of hydrogen-bond donors (Lipinski definition) is 2. The van der Waals surface area contributed by atoms with E-state index < -0.39 is 0 Å². The summed E-state index contributed by atoms with van der Waals surface area (Å²) in [5, 5.41) is 3.25. The van der Waals surface area contributed by atoms with Crippen molar-refractivity contribution in [3.63, 3.8) is 0 Å². The number of H-pyrrole nitrogens is 1. The molecule has 0 spiro atoms. The SMILES string of the molecule is CCSc1nc2c(c(=O)[nH]1)[C@H](c1ccc(Br)cc1)CC(=O)N2. The standard InChI is InChI=1S/C15H14BrN3O2S/c1-2-22-15-18-13-12(14(21)19-15)10(7-11(20)17-13)8-3-5-9(16)6-4-8/h3-6,10H,2,7H2,1H3,(H2,17,18,19,20,21)/t10-/m0/s1. The first-order chi connectivity index (χ1) is 10.6. The van der Waals surface area contributed by atoms with E-state index in [4.69, 9.17) is 0 Å². The molecule has 7 heteroatoms. The lowest BCUT2D eigenvalue weighted by Crippen LogP contribution is -2.31. The van der Waals surface area contributed by atoms with Crippen molar-refractivity contribution in [1.82, 2.24) is 9.97 Å². The third kappa shape index (κ3) is 2.96. The highest BCUT2D eigenvalue weighted by atomic mass is 79.9. The second kappa shape index (κ2) is 6.26. The van der Waals surface area contributed by atoms with Crippen LogP contribution in [0.15, 0.2) is 38.7 Å². The molecule has 0 saturated heterocycles. The maximum atomic E-state index is 12.4. The van der Waals surface area contributed by atoms with Crippen molar-refractivity contribution >= 4 is 39.4 Å². The number of hydrogen-bond acceptors (Lipinski definition) is 4. The Morgan fingerprint density at radius 1 is 1.32 bits per heavy atom. The zero-order valence-electron chi connectivity index (χ0n) is 11.9. The molecule has 0 aliphatic carbocycles. The van der Waals surface area contributed by atoms with Crippen molar-refractivity contribution in [2.45, 2.75) is 24.4 Å². The minimum absolute atomic E-state index is 0.119. The number of halogens is 1. The molecular weight excluding hydrogens is 366 g/mol. The zero-order valence-corrected chi connectivity index (χ0v) is 14.3. The third-order valence-electron chi connectivity index (χ3n) is 3.48. The van der Waals surface area contributed by atoms with Crippen LogP contribution in [0.3, 0.4) is 0 Å². The molecule has 1 aliphatic heterocycles. The van der Waals surface area contributed by atoms with E-state index in [0.717, 1.165) is 15.8 Å². The van der Waals surface area contributed by atoms with Crippen molar-refractivity contribution in [2.75, 3.05) is 11.1 Å². The summed E-state index contributed by atoms with van der Waals surface area (Å²) < 4.78 is 0.957. The van der Waals surface area contributed by atoms with Crippen molar-refractivity contribution in [3.8, 4) is 0 Å². The fraction of sp³-hybridized carbons (Fsp3) is 0.267. The Morgan fingerprint density at radius 3 is 2.73 bits per heavy atom. The fourth-order valence-electron chi connectivity index (χ4n) is 2.54. The van der Waals surface area contributed by atoms with Gasteiger partial charge in [0.15, 0.2) is 5.16 Å². The average Bonchev–Trinajstić information content (AvgIpc) is 2.47. The van der Waals surface area contributed by atoms with Crippen LogP contribution in [0.1, 0.15) is 30.4 Å². The molecule has 1 aromatic carbocycles. The van der Waals surface area contributed by atoms with E-state index in [9.17, 15) is 9.59 Å². The monoisotopic (exact) mass is 379 g/mol. The van der Waals surface area contributed by atoms with Crippen molar-refractivity contribution in [1.29, 1.82) is 0 Å². The number of benzene rings is 1. The first-order valence-corrected chi connectivity index (χ1v) is 8.68. The maximum absolute atomic E-state index is 12.4. The number of thioether (sulfide) groups is 1. The average molecular weight is 380 g/mol. The number of aromatic nitrogens is 2. The predicted octanol–water partition coefficient (Wildman–Crippen LogP) is 3.12. The van der Waals surface area contributed by atoms with Crippen LogP contribution in [0.5, 0.6) is 0 Å². The van der Waals surface area contributed by atoms with E-state index in [-0.39, 0.29) is 23.8 Å². The molecule has 5 nitrogen and oxygen atoms in total. The van der Waals surface area contributed by atoms with E-state index in [2.05, 4.69) is 31.2 Å². The van der Waals surface area contributed by atoms with Gasteiger partial charge in [0.25, 0.3) is 5.56 Å². The summed E-state index contributed by atoms with van der Waals surface area (Å²) in [6.07, 6.45) is 0.250. The molecule has 0 fully saturated rings. The highest BCUT2D eigenvalue weighted by Crippen LogP contribution is 2.34. The lowest BCUT2D eigenvalue weighted by atomic mass is 9.87. The Morgan fingerprint density at radius 2 is 2.05 bits per heavy atom. The van der Waals surface area contributed by atoms with Gasteiger partial charge in [-0.3, -0.25) is 9.59 Å². The molecule has 1 atom stereocenters. The quantitative estimate of drug-likeness (QED) is 0.634. The first-order valence-electron chi connectivity index (χ1n) is 6.90. The molecule has 0 unspecified atom stereocenters. The number of anilines is 1. The number of nitrogens with zero attached hydrogens (tertiary/aromatic N) is 1. The number of carbonyl (C=O) groups excluding carboxylic acids is 1. The van der Waals surface area contributed by atoms with Gasteiger partial charge in [-0.05, 0) is 23.4 Å². The highest BCUT2D eigenvalue weighted by molar-refractivity contribution is 9.10. The van der Waals surface area contributed by atoms with Gasteiger partial charge in [0.05, 0.1) is 5.56 Å². The summed E-state index contributed by atoms with van der Waals surface area (Å²) in [4.78, 5) is 31.6. The third-order valence-corrected chi connectivity index (χ3v) is 4.77. The van der Waals surface area contributed by atoms with Gasteiger partial charge in [0.1, 0.15) is 5.82 Å². The fourth-order valence-corrected chi connectivity index (χ4v) is 3.39. The van der Waals surface area contributed by atoms with Crippen LogP contribution in [0.25, 0.3) is 0 Å².